The van der Waals surface area contributed by atoms with E-state index < -0.39 is 0 Å². The monoisotopic (exact) mass is 276 g/mol. The average molecular weight is 276 g/mol. The maximum Gasteiger partial charge on any atom is 0.124 e. The Morgan fingerprint density at radius 3 is 2.60 bits per heavy atom. The highest BCUT2D eigenvalue weighted by Gasteiger charge is 2.26. The number of rotatable bonds is 8. The molecule has 1 aliphatic carbocycles. The van der Waals surface area contributed by atoms with Crippen molar-refractivity contribution in [3.63, 3.8) is 0 Å². The Balaban J connectivity index is 2.15. The lowest BCUT2D eigenvalue weighted by atomic mass is 9.84. The van der Waals surface area contributed by atoms with Gasteiger partial charge in [-0.3, -0.25) is 4.90 Å². The van der Waals surface area contributed by atoms with E-state index in [9.17, 15) is 0 Å². The van der Waals surface area contributed by atoms with Crippen molar-refractivity contribution in [3.05, 3.63) is 29.8 Å². The van der Waals surface area contributed by atoms with Gasteiger partial charge in [-0.2, -0.15) is 0 Å². The molecule has 0 bridgehead atoms. The van der Waals surface area contributed by atoms with E-state index in [1.807, 2.05) is 13.0 Å². The fraction of sp³-hybridized carbons (Fsp3) is 0.647. The summed E-state index contributed by atoms with van der Waals surface area (Å²) in [5, 5.41) is 0. The first-order valence-corrected chi connectivity index (χ1v) is 7.95. The molecule has 1 atom stereocenters. The lowest BCUT2D eigenvalue weighted by Crippen LogP contribution is -2.38. The predicted octanol–water partition coefficient (Wildman–Crippen LogP) is 3.21. The van der Waals surface area contributed by atoms with E-state index in [0.29, 0.717) is 13.2 Å². The smallest absolute Gasteiger partial charge is 0.124 e. The minimum Gasteiger partial charge on any atom is -0.494 e. The van der Waals surface area contributed by atoms with E-state index >= 15 is 0 Å². The fourth-order valence-electron chi connectivity index (χ4n) is 3.00. The molecule has 1 saturated carbocycles. The molecule has 112 valence electrons. The standard InChI is InChI=1S/C17H28N2O/c1-3-19(13-14-8-7-9-14)16(12-18)15-10-5-6-11-17(15)20-4-2/h5-6,10-11,14,16H,3-4,7-9,12-13,18H2,1-2H3. The largest absolute Gasteiger partial charge is 0.494 e. The van der Waals surface area contributed by atoms with Gasteiger partial charge in [0, 0.05) is 18.7 Å². The minimum atomic E-state index is 0.267. The second-order valence-electron chi connectivity index (χ2n) is 5.61. The van der Waals surface area contributed by atoms with Crippen molar-refractivity contribution in [2.45, 2.75) is 39.2 Å². The summed E-state index contributed by atoms with van der Waals surface area (Å²) >= 11 is 0. The molecule has 3 nitrogen and oxygen atoms in total. The third kappa shape index (κ3) is 3.53. The van der Waals surface area contributed by atoms with Crippen LogP contribution in [0.25, 0.3) is 0 Å². The SMILES string of the molecule is CCOc1ccccc1C(CN)N(CC)CC1CCC1. The molecule has 0 amide bonds. The van der Waals surface area contributed by atoms with Gasteiger partial charge in [-0.15, -0.1) is 0 Å². The molecule has 1 aromatic carbocycles. The molecule has 1 aliphatic rings. The Labute approximate surface area is 123 Å². The number of hydrogen-bond acceptors (Lipinski definition) is 3. The van der Waals surface area contributed by atoms with Gasteiger partial charge in [-0.25, -0.2) is 0 Å². The number of nitrogens with zero attached hydrogens (tertiary/aromatic N) is 1. The third-order valence-corrected chi connectivity index (χ3v) is 4.37. The van der Waals surface area contributed by atoms with Crippen LogP contribution in [-0.2, 0) is 0 Å². The van der Waals surface area contributed by atoms with Crippen molar-refractivity contribution < 1.29 is 4.74 Å². The summed E-state index contributed by atoms with van der Waals surface area (Å²) in [4.78, 5) is 2.52. The molecular weight excluding hydrogens is 248 g/mol. The molecule has 3 heteroatoms. The predicted molar refractivity (Wildman–Crippen MR) is 84.0 cm³/mol. The van der Waals surface area contributed by atoms with Crippen LogP contribution in [-0.4, -0.2) is 31.1 Å². The highest BCUT2D eigenvalue weighted by Crippen LogP contribution is 2.33. The van der Waals surface area contributed by atoms with Gasteiger partial charge in [0.2, 0.25) is 0 Å². The highest BCUT2D eigenvalue weighted by atomic mass is 16.5. The van der Waals surface area contributed by atoms with Crippen molar-refractivity contribution in [2.75, 3.05) is 26.2 Å². The lowest BCUT2D eigenvalue weighted by molar-refractivity contribution is 0.139. The minimum absolute atomic E-state index is 0.267. The molecule has 0 spiro atoms. The summed E-state index contributed by atoms with van der Waals surface area (Å²) in [7, 11) is 0. The van der Waals surface area contributed by atoms with Crippen molar-refractivity contribution in [2.24, 2.45) is 11.7 Å². The number of ether oxygens (including phenoxy) is 1. The molecule has 0 aliphatic heterocycles. The normalized spacial score (nSPS) is 17.0. The molecule has 0 heterocycles. The first kappa shape index (κ1) is 15.3. The van der Waals surface area contributed by atoms with Gasteiger partial charge in [0.25, 0.3) is 0 Å². The van der Waals surface area contributed by atoms with Gasteiger partial charge in [0.1, 0.15) is 5.75 Å². The van der Waals surface area contributed by atoms with E-state index in [4.69, 9.17) is 10.5 Å². The molecule has 20 heavy (non-hydrogen) atoms. The Kier molecular flexibility index (Phi) is 5.86. The summed E-state index contributed by atoms with van der Waals surface area (Å²) in [6.45, 7) is 7.80. The summed E-state index contributed by atoms with van der Waals surface area (Å²) < 4.78 is 5.78. The maximum atomic E-state index is 6.08. The molecule has 2 rings (SSSR count). The Morgan fingerprint density at radius 1 is 1.30 bits per heavy atom. The summed E-state index contributed by atoms with van der Waals surface area (Å²) in [6, 6.07) is 8.59. The molecule has 0 radical (unpaired) electrons. The zero-order valence-corrected chi connectivity index (χ0v) is 12.8. The Morgan fingerprint density at radius 2 is 2.05 bits per heavy atom. The number of para-hydroxylation sites is 1. The lowest BCUT2D eigenvalue weighted by Gasteiger charge is -2.37. The molecule has 1 aromatic rings. The first-order valence-electron chi connectivity index (χ1n) is 7.95. The van der Waals surface area contributed by atoms with Crippen LogP contribution in [0.2, 0.25) is 0 Å². The molecular formula is C17H28N2O. The van der Waals surface area contributed by atoms with Crippen LogP contribution in [0.4, 0.5) is 0 Å². The number of nitrogens with two attached hydrogens (primary N) is 1. The van der Waals surface area contributed by atoms with E-state index in [-0.39, 0.29) is 6.04 Å². The van der Waals surface area contributed by atoms with E-state index in [1.165, 1.54) is 31.4 Å². The average Bonchev–Trinajstić information content (AvgIpc) is 2.43. The van der Waals surface area contributed by atoms with Crippen LogP contribution in [0.5, 0.6) is 5.75 Å². The maximum absolute atomic E-state index is 6.08. The van der Waals surface area contributed by atoms with Crippen LogP contribution < -0.4 is 10.5 Å². The molecule has 2 N–H and O–H groups in total. The quantitative estimate of drug-likeness (QED) is 0.792. The Hall–Kier alpha value is -1.06. The number of hydrogen-bond donors (Lipinski definition) is 1. The van der Waals surface area contributed by atoms with Crippen LogP contribution >= 0.6 is 0 Å². The zero-order chi connectivity index (χ0) is 14.4. The van der Waals surface area contributed by atoms with Gasteiger partial charge in [0.05, 0.1) is 12.6 Å². The Bertz CT molecular complexity index is 404. The van der Waals surface area contributed by atoms with Gasteiger partial charge in [-0.1, -0.05) is 31.5 Å². The van der Waals surface area contributed by atoms with Crippen LogP contribution in [0.3, 0.4) is 0 Å². The van der Waals surface area contributed by atoms with Crippen LogP contribution in [0.15, 0.2) is 24.3 Å². The fourth-order valence-corrected chi connectivity index (χ4v) is 3.00. The number of benzene rings is 1. The number of likely N-dealkylation sites (N-methyl/N-ethyl adjacent to an activating group) is 1. The van der Waals surface area contributed by atoms with Gasteiger partial charge < -0.3 is 10.5 Å². The van der Waals surface area contributed by atoms with Crippen molar-refractivity contribution in [3.8, 4) is 5.75 Å². The molecule has 0 saturated heterocycles. The van der Waals surface area contributed by atoms with Crippen molar-refractivity contribution >= 4 is 0 Å². The second kappa shape index (κ2) is 7.65. The van der Waals surface area contributed by atoms with Crippen LogP contribution in [0, 0.1) is 5.92 Å². The van der Waals surface area contributed by atoms with Crippen LogP contribution in [0.1, 0.15) is 44.7 Å². The zero-order valence-electron chi connectivity index (χ0n) is 12.8. The van der Waals surface area contributed by atoms with Crippen molar-refractivity contribution in [1.82, 2.24) is 4.90 Å². The molecule has 1 unspecified atom stereocenters. The molecule has 0 aromatic heterocycles. The summed E-state index contributed by atoms with van der Waals surface area (Å²) in [6.07, 6.45) is 4.15. The first-order chi connectivity index (χ1) is 9.80. The van der Waals surface area contributed by atoms with Gasteiger partial charge >= 0.3 is 0 Å². The topological polar surface area (TPSA) is 38.5 Å². The van der Waals surface area contributed by atoms with Crippen molar-refractivity contribution in [1.29, 1.82) is 0 Å². The van der Waals surface area contributed by atoms with E-state index in [1.54, 1.807) is 0 Å². The van der Waals surface area contributed by atoms with Gasteiger partial charge in [0.15, 0.2) is 0 Å². The molecule has 1 fully saturated rings. The van der Waals surface area contributed by atoms with Gasteiger partial charge in [-0.05, 0) is 38.3 Å². The third-order valence-electron chi connectivity index (χ3n) is 4.37. The summed E-state index contributed by atoms with van der Waals surface area (Å²) in [5.41, 5.74) is 7.32. The summed E-state index contributed by atoms with van der Waals surface area (Å²) in [5.74, 6) is 1.85. The van der Waals surface area contributed by atoms with E-state index in [2.05, 4.69) is 30.0 Å². The highest BCUT2D eigenvalue weighted by molar-refractivity contribution is 5.36. The van der Waals surface area contributed by atoms with E-state index in [0.717, 1.165) is 18.2 Å². The second-order valence-corrected chi connectivity index (χ2v) is 5.61.